The maximum absolute atomic E-state index is 12.8. The summed E-state index contributed by atoms with van der Waals surface area (Å²) >= 11 is 0. The third-order valence-electron chi connectivity index (χ3n) is 3.04. The van der Waals surface area contributed by atoms with E-state index in [4.69, 9.17) is 4.74 Å². The normalized spacial score (nSPS) is 10.5. The molecule has 1 heterocycles. The second-order valence-corrected chi connectivity index (χ2v) is 4.54. The first-order valence-corrected chi connectivity index (χ1v) is 6.47. The zero-order valence-electron chi connectivity index (χ0n) is 11.1. The zero-order valence-corrected chi connectivity index (χ0v) is 11.1. The summed E-state index contributed by atoms with van der Waals surface area (Å²) in [6.45, 7) is -0.136. The van der Waals surface area contributed by atoms with Gasteiger partial charge in [-0.15, -0.1) is 0 Å². The lowest BCUT2D eigenvalue weighted by Crippen LogP contribution is -2.20. The number of hydrogen-bond donors (Lipinski definition) is 2. The molecule has 4 nitrogen and oxygen atoms in total. The Labute approximate surface area is 120 Å². The van der Waals surface area contributed by atoms with Gasteiger partial charge in [-0.1, -0.05) is 12.1 Å². The molecule has 5 heteroatoms. The van der Waals surface area contributed by atoms with Crippen molar-refractivity contribution in [2.75, 3.05) is 11.9 Å². The molecule has 0 saturated carbocycles. The minimum Gasteiger partial charge on any atom is -0.484 e. The number of halogens is 1. The first kappa shape index (κ1) is 13.2. The Morgan fingerprint density at radius 3 is 2.76 bits per heavy atom. The largest absolute Gasteiger partial charge is 0.484 e. The van der Waals surface area contributed by atoms with E-state index in [0.717, 1.165) is 10.9 Å². The van der Waals surface area contributed by atoms with Crippen LogP contribution < -0.4 is 10.1 Å². The van der Waals surface area contributed by atoms with Crippen molar-refractivity contribution >= 4 is 22.5 Å². The molecule has 0 bridgehead atoms. The highest BCUT2D eigenvalue weighted by molar-refractivity contribution is 6.01. The summed E-state index contributed by atoms with van der Waals surface area (Å²) in [7, 11) is 0. The first-order valence-electron chi connectivity index (χ1n) is 6.47. The fraction of sp³-hybridized carbons (Fsp3) is 0.0625. The number of benzene rings is 2. The van der Waals surface area contributed by atoms with Gasteiger partial charge in [-0.05, 0) is 36.4 Å². The third-order valence-corrected chi connectivity index (χ3v) is 3.04. The molecule has 0 radical (unpaired) electrons. The van der Waals surface area contributed by atoms with Crippen molar-refractivity contribution in [2.24, 2.45) is 0 Å². The van der Waals surface area contributed by atoms with Crippen molar-refractivity contribution in [3.05, 3.63) is 60.5 Å². The number of ether oxygens (including phenoxy) is 1. The van der Waals surface area contributed by atoms with Gasteiger partial charge in [-0.25, -0.2) is 4.39 Å². The summed E-state index contributed by atoms with van der Waals surface area (Å²) in [5, 5.41) is 3.80. The van der Waals surface area contributed by atoms with Crippen molar-refractivity contribution in [1.29, 1.82) is 0 Å². The fourth-order valence-corrected chi connectivity index (χ4v) is 2.06. The average molecular weight is 284 g/mol. The third kappa shape index (κ3) is 3.02. The second kappa shape index (κ2) is 5.66. The van der Waals surface area contributed by atoms with Crippen LogP contribution in [0.4, 0.5) is 10.1 Å². The van der Waals surface area contributed by atoms with Gasteiger partial charge in [0.25, 0.3) is 5.91 Å². The van der Waals surface area contributed by atoms with Crippen LogP contribution in [0.15, 0.2) is 54.7 Å². The molecule has 3 rings (SSSR count). The summed E-state index contributed by atoms with van der Waals surface area (Å²) < 4.78 is 18.1. The lowest BCUT2D eigenvalue weighted by Gasteiger charge is -2.08. The second-order valence-electron chi connectivity index (χ2n) is 4.54. The summed E-state index contributed by atoms with van der Waals surface area (Å²) in [5.74, 6) is -0.170. The van der Waals surface area contributed by atoms with Crippen molar-refractivity contribution in [1.82, 2.24) is 4.98 Å². The molecule has 1 aromatic heterocycles. The molecule has 0 fully saturated rings. The molecule has 0 atom stereocenters. The number of hydrogen-bond acceptors (Lipinski definition) is 2. The Hall–Kier alpha value is -2.82. The minimum absolute atomic E-state index is 0.136. The molecule has 21 heavy (non-hydrogen) atoms. The minimum atomic E-state index is -0.342. The van der Waals surface area contributed by atoms with E-state index in [9.17, 15) is 9.18 Å². The van der Waals surface area contributed by atoms with Gasteiger partial charge in [0.2, 0.25) is 0 Å². The molecule has 0 unspecified atom stereocenters. The van der Waals surface area contributed by atoms with Crippen LogP contribution in [0.3, 0.4) is 0 Å². The Balaban J connectivity index is 1.64. The van der Waals surface area contributed by atoms with E-state index in [1.807, 2.05) is 30.5 Å². The number of nitrogens with one attached hydrogen (secondary N) is 2. The first-order chi connectivity index (χ1) is 10.2. The number of fused-ring (bicyclic) bond motifs is 1. The molecule has 2 aromatic carbocycles. The summed E-state index contributed by atoms with van der Waals surface area (Å²) in [5.41, 5.74) is 1.57. The van der Waals surface area contributed by atoms with Crippen LogP contribution in [0.5, 0.6) is 5.75 Å². The van der Waals surface area contributed by atoms with Crippen molar-refractivity contribution in [3.63, 3.8) is 0 Å². The van der Waals surface area contributed by atoms with E-state index >= 15 is 0 Å². The predicted octanol–water partition coefficient (Wildman–Crippen LogP) is 3.32. The highest BCUT2D eigenvalue weighted by Crippen LogP contribution is 2.21. The number of para-hydroxylation sites is 1. The maximum Gasteiger partial charge on any atom is 0.262 e. The number of rotatable bonds is 4. The molecular weight excluding hydrogens is 271 g/mol. The van der Waals surface area contributed by atoms with E-state index in [2.05, 4.69) is 10.3 Å². The SMILES string of the molecule is O=C(COc1ccc(F)cc1)Nc1cccc2cc[nH]c12. The monoisotopic (exact) mass is 284 g/mol. The van der Waals surface area contributed by atoms with E-state index in [1.165, 1.54) is 24.3 Å². The Kier molecular flexibility index (Phi) is 3.55. The van der Waals surface area contributed by atoms with Crippen LogP contribution in [0.25, 0.3) is 10.9 Å². The van der Waals surface area contributed by atoms with Gasteiger partial charge in [0.1, 0.15) is 11.6 Å². The number of H-pyrrole nitrogens is 1. The van der Waals surface area contributed by atoms with Gasteiger partial charge >= 0.3 is 0 Å². The lowest BCUT2D eigenvalue weighted by atomic mass is 10.2. The fourth-order valence-electron chi connectivity index (χ4n) is 2.06. The molecule has 0 aliphatic carbocycles. The van der Waals surface area contributed by atoms with E-state index < -0.39 is 0 Å². The van der Waals surface area contributed by atoms with E-state index in [-0.39, 0.29) is 18.3 Å². The summed E-state index contributed by atoms with van der Waals surface area (Å²) in [6.07, 6.45) is 1.81. The van der Waals surface area contributed by atoms with Gasteiger partial charge in [0, 0.05) is 11.6 Å². The zero-order chi connectivity index (χ0) is 14.7. The van der Waals surface area contributed by atoms with Crippen LogP contribution in [0, 0.1) is 5.82 Å². The van der Waals surface area contributed by atoms with Gasteiger partial charge in [-0.3, -0.25) is 4.79 Å². The predicted molar refractivity (Wildman–Crippen MR) is 78.8 cm³/mol. The molecule has 0 saturated heterocycles. The van der Waals surface area contributed by atoms with Crippen molar-refractivity contribution in [2.45, 2.75) is 0 Å². The standard InChI is InChI=1S/C16H13FN2O2/c17-12-4-6-13(7-5-12)21-10-15(20)19-14-3-1-2-11-8-9-18-16(11)14/h1-9,18H,10H2,(H,19,20). The Morgan fingerprint density at radius 1 is 1.14 bits per heavy atom. The van der Waals surface area contributed by atoms with Crippen LogP contribution in [0.1, 0.15) is 0 Å². The van der Waals surface area contributed by atoms with Crippen LogP contribution in [-0.2, 0) is 4.79 Å². The highest BCUT2D eigenvalue weighted by atomic mass is 19.1. The molecule has 106 valence electrons. The number of aromatic amines is 1. The Morgan fingerprint density at radius 2 is 1.95 bits per heavy atom. The molecule has 0 aliphatic heterocycles. The lowest BCUT2D eigenvalue weighted by molar-refractivity contribution is -0.118. The van der Waals surface area contributed by atoms with E-state index in [0.29, 0.717) is 11.4 Å². The topological polar surface area (TPSA) is 54.1 Å². The number of anilines is 1. The number of carbonyl (C=O) groups excluding carboxylic acids is 1. The number of aromatic nitrogens is 1. The van der Waals surface area contributed by atoms with Crippen molar-refractivity contribution < 1.29 is 13.9 Å². The molecular formula is C16H13FN2O2. The highest BCUT2D eigenvalue weighted by Gasteiger charge is 2.07. The summed E-state index contributed by atoms with van der Waals surface area (Å²) in [6, 6.07) is 13.1. The molecule has 2 N–H and O–H groups in total. The number of carbonyl (C=O) groups is 1. The molecule has 1 amide bonds. The van der Waals surface area contributed by atoms with Gasteiger partial charge in [-0.2, -0.15) is 0 Å². The smallest absolute Gasteiger partial charge is 0.262 e. The molecule has 0 spiro atoms. The number of amides is 1. The van der Waals surface area contributed by atoms with Crippen LogP contribution in [-0.4, -0.2) is 17.5 Å². The Bertz CT molecular complexity index is 765. The van der Waals surface area contributed by atoms with Gasteiger partial charge in [0.15, 0.2) is 6.61 Å². The molecule has 3 aromatic rings. The van der Waals surface area contributed by atoms with Crippen molar-refractivity contribution in [3.8, 4) is 5.75 Å². The quantitative estimate of drug-likeness (QED) is 0.772. The van der Waals surface area contributed by atoms with E-state index in [1.54, 1.807) is 0 Å². The van der Waals surface area contributed by atoms with Gasteiger partial charge < -0.3 is 15.0 Å². The average Bonchev–Trinajstić information content (AvgIpc) is 2.96. The van der Waals surface area contributed by atoms with Crippen LogP contribution >= 0.6 is 0 Å². The van der Waals surface area contributed by atoms with Gasteiger partial charge in [0.05, 0.1) is 11.2 Å². The van der Waals surface area contributed by atoms with Crippen LogP contribution in [0.2, 0.25) is 0 Å². The maximum atomic E-state index is 12.8. The molecule has 0 aliphatic rings. The summed E-state index contributed by atoms with van der Waals surface area (Å²) in [4.78, 5) is 15.0.